The highest BCUT2D eigenvalue weighted by molar-refractivity contribution is 5.21. The highest BCUT2D eigenvalue weighted by Crippen LogP contribution is 2.02. The van der Waals surface area contributed by atoms with Gasteiger partial charge in [-0.05, 0) is 26.6 Å². The van der Waals surface area contributed by atoms with Gasteiger partial charge in [0.25, 0.3) is 0 Å². The van der Waals surface area contributed by atoms with Gasteiger partial charge in [0.2, 0.25) is 0 Å². The second-order valence-electron chi connectivity index (χ2n) is 4.58. The van der Waals surface area contributed by atoms with Crippen LogP contribution in [0.2, 0.25) is 0 Å². The van der Waals surface area contributed by atoms with E-state index in [1.54, 1.807) is 0 Å². The third-order valence-corrected chi connectivity index (χ3v) is 2.52. The van der Waals surface area contributed by atoms with E-state index >= 15 is 0 Å². The summed E-state index contributed by atoms with van der Waals surface area (Å²) in [5, 5.41) is 3.38. The molecule has 17 heavy (non-hydrogen) atoms. The number of nitrogens with one attached hydrogen (secondary N) is 1. The second-order valence-corrected chi connectivity index (χ2v) is 4.58. The first-order chi connectivity index (χ1) is 8.18. The molecule has 0 radical (unpaired) electrons. The Morgan fingerprint density at radius 3 is 2.76 bits per heavy atom. The van der Waals surface area contributed by atoms with Crippen molar-refractivity contribution < 1.29 is 4.74 Å². The molecule has 0 unspecified atom stereocenters. The van der Waals surface area contributed by atoms with Crippen molar-refractivity contribution in [3.8, 4) is 0 Å². The lowest BCUT2D eigenvalue weighted by Crippen LogP contribution is -2.23. The molecule has 0 saturated heterocycles. The highest BCUT2D eigenvalue weighted by atomic mass is 16.5. The molecule has 1 aromatic carbocycles. The summed E-state index contributed by atoms with van der Waals surface area (Å²) < 4.78 is 5.50. The smallest absolute Gasteiger partial charge is 0.0593 e. The lowest BCUT2D eigenvalue weighted by atomic mass is 10.1. The molecule has 0 aliphatic rings. The molecule has 3 heteroatoms. The summed E-state index contributed by atoms with van der Waals surface area (Å²) in [4.78, 5) is 2.13. The molecule has 0 fully saturated rings. The highest BCUT2D eigenvalue weighted by Gasteiger charge is 1.94. The van der Waals surface area contributed by atoms with Crippen LogP contribution in [0.25, 0.3) is 0 Å². The van der Waals surface area contributed by atoms with Crippen molar-refractivity contribution in [1.29, 1.82) is 0 Å². The maximum atomic E-state index is 5.50. The van der Waals surface area contributed by atoms with E-state index < -0.39 is 0 Å². The van der Waals surface area contributed by atoms with Crippen LogP contribution in [0.4, 0.5) is 0 Å². The SMILES string of the molecule is Cc1cccc(CNCCOCCN(C)C)c1. The van der Waals surface area contributed by atoms with Crippen LogP contribution in [-0.4, -0.2) is 45.3 Å². The van der Waals surface area contributed by atoms with E-state index in [4.69, 9.17) is 4.74 Å². The van der Waals surface area contributed by atoms with Crippen molar-refractivity contribution in [2.45, 2.75) is 13.5 Å². The van der Waals surface area contributed by atoms with Crippen molar-refractivity contribution in [2.24, 2.45) is 0 Å². The van der Waals surface area contributed by atoms with Crippen molar-refractivity contribution in [3.63, 3.8) is 0 Å². The second kappa shape index (κ2) is 8.23. The number of hydrogen-bond donors (Lipinski definition) is 1. The molecule has 96 valence electrons. The quantitative estimate of drug-likeness (QED) is 0.695. The third-order valence-electron chi connectivity index (χ3n) is 2.52. The zero-order valence-corrected chi connectivity index (χ0v) is 11.2. The van der Waals surface area contributed by atoms with Gasteiger partial charge in [0.1, 0.15) is 0 Å². The molecular weight excluding hydrogens is 212 g/mol. The van der Waals surface area contributed by atoms with Gasteiger partial charge < -0.3 is 15.0 Å². The van der Waals surface area contributed by atoms with Crippen molar-refractivity contribution in [2.75, 3.05) is 40.4 Å². The average Bonchev–Trinajstić information content (AvgIpc) is 2.27. The van der Waals surface area contributed by atoms with Gasteiger partial charge in [-0.3, -0.25) is 0 Å². The number of benzene rings is 1. The summed E-state index contributed by atoms with van der Waals surface area (Å²) in [6.07, 6.45) is 0. The van der Waals surface area contributed by atoms with Gasteiger partial charge in [-0.15, -0.1) is 0 Å². The van der Waals surface area contributed by atoms with E-state index in [0.29, 0.717) is 0 Å². The molecule has 3 nitrogen and oxygen atoms in total. The third kappa shape index (κ3) is 7.10. The predicted molar refractivity (Wildman–Crippen MR) is 72.3 cm³/mol. The first-order valence-corrected chi connectivity index (χ1v) is 6.17. The summed E-state index contributed by atoms with van der Waals surface area (Å²) in [5.74, 6) is 0. The van der Waals surface area contributed by atoms with Crippen molar-refractivity contribution >= 4 is 0 Å². The lowest BCUT2D eigenvalue weighted by Gasteiger charge is -2.10. The molecule has 0 aliphatic heterocycles. The van der Waals surface area contributed by atoms with Crippen LogP contribution in [-0.2, 0) is 11.3 Å². The molecule has 0 atom stereocenters. The van der Waals surface area contributed by atoms with E-state index in [1.165, 1.54) is 11.1 Å². The van der Waals surface area contributed by atoms with Gasteiger partial charge >= 0.3 is 0 Å². The first kappa shape index (κ1) is 14.2. The molecule has 1 rings (SSSR count). The van der Waals surface area contributed by atoms with E-state index in [1.807, 2.05) is 0 Å². The minimum absolute atomic E-state index is 0.777. The molecule has 0 heterocycles. The molecule has 0 amide bonds. The van der Waals surface area contributed by atoms with Gasteiger partial charge in [0.15, 0.2) is 0 Å². The monoisotopic (exact) mass is 236 g/mol. The summed E-state index contributed by atoms with van der Waals surface area (Å²) in [6.45, 7) is 6.50. The topological polar surface area (TPSA) is 24.5 Å². The van der Waals surface area contributed by atoms with Crippen LogP contribution in [0.3, 0.4) is 0 Å². The zero-order chi connectivity index (χ0) is 12.5. The number of ether oxygens (including phenoxy) is 1. The Labute approximate surface area is 105 Å². The van der Waals surface area contributed by atoms with Crippen LogP contribution in [0.5, 0.6) is 0 Å². The molecule has 1 N–H and O–H groups in total. The van der Waals surface area contributed by atoms with Gasteiger partial charge in [-0.2, -0.15) is 0 Å². The molecule has 0 spiro atoms. The Kier molecular flexibility index (Phi) is 6.86. The Morgan fingerprint density at radius 2 is 2.06 bits per heavy atom. The molecule has 0 aliphatic carbocycles. The largest absolute Gasteiger partial charge is 0.379 e. The van der Waals surface area contributed by atoms with Crippen LogP contribution in [0.1, 0.15) is 11.1 Å². The Hall–Kier alpha value is -0.900. The van der Waals surface area contributed by atoms with Gasteiger partial charge in [0.05, 0.1) is 13.2 Å². The summed E-state index contributed by atoms with van der Waals surface area (Å²) in [5.41, 5.74) is 2.64. The molecule has 0 bridgehead atoms. The number of hydrogen-bond acceptors (Lipinski definition) is 3. The molecular formula is C14H24N2O. The Bertz CT molecular complexity index is 313. The standard InChI is InChI=1S/C14H24N2O/c1-13-5-4-6-14(11-13)12-15-7-9-17-10-8-16(2)3/h4-6,11,15H,7-10,12H2,1-3H3. The Morgan fingerprint density at radius 1 is 1.24 bits per heavy atom. The fourth-order valence-corrected chi connectivity index (χ4v) is 1.55. The first-order valence-electron chi connectivity index (χ1n) is 6.17. The van der Waals surface area contributed by atoms with Gasteiger partial charge in [-0.25, -0.2) is 0 Å². The van der Waals surface area contributed by atoms with E-state index in [0.717, 1.165) is 32.8 Å². The molecule has 0 aromatic heterocycles. The van der Waals surface area contributed by atoms with Crippen molar-refractivity contribution in [1.82, 2.24) is 10.2 Å². The van der Waals surface area contributed by atoms with Crippen LogP contribution in [0.15, 0.2) is 24.3 Å². The molecule has 1 aromatic rings. The number of rotatable bonds is 8. The average molecular weight is 236 g/mol. The summed E-state index contributed by atoms with van der Waals surface area (Å²) in [6, 6.07) is 8.57. The van der Waals surface area contributed by atoms with E-state index in [-0.39, 0.29) is 0 Å². The fourth-order valence-electron chi connectivity index (χ4n) is 1.55. The van der Waals surface area contributed by atoms with Gasteiger partial charge in [0, 0.05) is 19.6 Å². The van der Waals surface area contributed by atoms with Gasteiger partial charge in [-0.1, -0.05) is 29.8 Å². The van der Waals surface area contributed by atoms with E-state index in [9.17, 15) is 0 Å². The molecule has 0 saturated carbocycles. The maximum Gasteiger partial charge on any atom is 0.0593 e. The van der Waals surface area contributed by atoms with Crippen molar-refractivity contribution in [3.05, 3.63) is 35.4 Å². The number of nitrogens with zero attached hydrogens (tertiary/aromatic N) is 1. The normalized spacial score (nSPS) is 11.1. The van der Waals surface area contributed by atoms with Crippen LogP contribution >= 0.6 is 0 Å². The minimum atomic E-state index is 0.777. The summed E-state index contributed by atoms with van der Waals surface area (Å²) >= 11 is 0. The maximum absolute atomic E-state index is 5.50. The van der Waals surface area contributed by atoms with Crippen LogP contribution in [0, 0.1) is 6.92 Å². The predicted octanol–water partition coefficient (Wildman–Crippen LogP) is 1.66. The number of aryl methyl sites for hydroxylation is 1. The fraction of sp³-hybridized carbons (Fsp3) is 0.571. The minimum Gasteiger partial charge on any atom is -0.379 e. The van der Waals surface area contributed by atoms with Crippen LogP contribution < -0.4 is 5.32 Å². The van der Waals surface area contributed by atoms with E-state index in [2.05, 4.69) is 55.5 Å². The zero-order valence-electron chi connectivity index (χ0n) is 11.2. The Balaban J connectivity index is 2.01. The summed E-state index contributed by atoms with van der Waals surface area (Å²) in [7, 11) is 4.11. The number of likely N-dealkylation sites (N-methyl/N-ethyl adjacent to an activating group) is 1. The lowest BCUT2D eigenvalue weighted by molar-refractivity contribution is 0.119.